The quantitative estimate of drug-likeness (QED) is 0.385. The molecule has 0 aliphatic carbocycles. The summed E-state index contributed by atoms with van der Waals surface area (Å²) in [5.41, 5.74) is 2.77. The number of rotatable bonds is 4. The molecular formula is C14H16Cl2MnN4O4. The molecule has 0 aromatic carbocycles. The maximum absolute atomic E-state index is 10.4. The van der Waals surface area contributed by atoms with Crippen molar-refractivity contribution in [2.75, 3.05) is 24.7 Å². The molecule has 25 heavy (non-hydrogen) atoms. The van der Waals surface area contributed by atoms with Crippen LogP contribution in [0, 0.1) is 0 Å². The first-order valence-corrected chi connectivity index (χ1v) is 8.30. The number of anilines is 2. The number of nitrogens with one attached hydrogen (secondary N) is 2. The zero-order valence-corrected chi connectivity index (χ0v) is 16.0. The van der Waals surface area contributed by atoms with Gasteiger partial charge in [-0.2, -0.15) is 0 Å². The Kier molecular flexibility index (Phi) is 12.6. The number of halogens is 2. The zero-order chi connectivity index (χ0) is 19.2. The van der Waals surface area contributed by atoms with E-state index in [-0.39, 0.29) is 6.61 Å². The van der Waals surface area contributed by atoms with E-state index in [0.29, 0.717) is 21.6 Å². The van der Waals surface area contributed by atoms with Crippen LogP contribution in [0.4, 0.5) is 11.4 Å². The molecule has 0 fully saturated rings. The Balaban J connectivity index is 0.000000399. The molecule has 0 atom stereocenters. The first-order valence-electron chi connectivity index (χ1n) is 6.58. The second-order valence-electron chi connectivity index (χ2n) is 4.10. The monoisotopic (exact) mass is 429 g/mol. The number of aldehydes is 1. The van der Waals surface area contributed by atoms with Gasteiger partial charge in [-0.3, -0.25) is 4.79 Å². The third-order valence-corrected chi connectivity index (χ3v) is 3.10. The predicted octanol–water partition coefficient (Wildman–Crippen LogP) is 2.62. The van der Waals surface area contributed by atoms with Gasteiger partial charge >= 0.3 is 22.5 Å². The molecule has 0 amide bonds. The summed E-state index contributed by atoms with van der Waals surface area (Å²) in [7, 11) is 3.49. The zero-order valence-electron chi connectivity index (χ0n) is 13.3. The molecule has 11 heteroatoms. The first kappa shape index (κ1) is 23.2. The van der Waals surface area contributed by atoms with E-state index in [4.69, 9.17) is 36.0 Å². The second-order valence-corrected chi connectivity index (χ2v) is 5.07. The van der Waals surface area contributed by atoms with Crippen LogP contribution in [0.25, 0.3) is 0 Å². The van der Waals surface area contributed by atoms with Crippen LogP contribution in [0.2, 0.25) is 10.3 Å². The minimum absolute atomic E-state index is 0.0274. The predicted molar refractivity (Wildman–Crippen MR) is 90.3 cm³/mol. The summed E-state index contributed by atoms with van der Waals surface area (Å²) in [4.78, 5) is 18.0. The van der Waals surface area contributed by atoms with Crippen LogP contribution in [0.5, 0.6) is 0 Å². The Hall–Kier alpha value is -1.77. The molecule has 3 N–H and O–H groups in total. The van der Waals surface area contributed by atoms with Gasteiger partial charge in [0.25, 0.3) is 0 Å². The fourth-order valence-corrected chi connectivity index (χ4v) is 1.88. The number of aliphatic hydroxyl groups excluding tert-OH is 1. The molecule has 0 unspecified atom stereocenters. The molecule has 0 spiro atoms. The summed E-state index contributed by atoms with van der Waals surface area (Å²) < 4.78 is 16.8. The van der Waals surface area contributed by atoms with Crippen molar-refractivity contribution < 1.29 is 32.4 Å². The number of aromatic nitrogens is 2. The van der Waals surface area contributed by atoms with E-state index in [1.165, 1.54) is 6.20 Å². The molecule has 8 nitrogen and oxygen atoms in total. The molecule has 0 saturated carbocycles. The van der Waals surface area contributed by atoms with Crippen LogP contribution in [0.1, 0.15) is 15.9 Å². The topological polar surface area (TPSA) is 121 Å². The van der Waals surface area contributed by atoms with Crippen molar-refractivity contribution in [3.63, 3.8) is 0 Å². The van der Waals surface area contributed by atoms with Gasteiger partial charge in [-0.25, -0.2) is 9.97 Å². The average Bonchev–Trinajstić information content (AvgIpc) is 2.62. The summed E-state index contributed by atoms with van der Waals surface area (Å²) in [6.07, 6.45) is 3.71. The molecule has 0 aliphatic heterocycles. The van der Waals surface area contributed by atoms with E-state index < -0.39 is 14.8 Å². The SMILES string of the molecule is CNc1cc(Cl)ncc1C=O.CNc1cc(Cl)ncc1CO.[O]=[Mn]=[O]. The maximum atomic E-state index is 10.4. The van der Waals surface area contributed by atoms with Gasteiger partial charge in [0.1, 0.15) is 10.3 Å². The van der Waals surface area contributed by atoms with Crippen LogP contribution >= 0.6 is 23.2 Å². The Morgan fingerprint density at radius 1 is 1.08 bits per heavy atom. The molecule has 2 aromatic rings. The van der Waals surface area contributed by atoms with Crippen molar-refractivity contribution >= 4 is 40.9 Å². The normalized spacial score (nSPS) is 8.84. The number of pyridine rings is 2. The van der Waals surface area contributed by atoms with Crippen molar-refractivity contribution in [1.29, 1.82) is 0 Å². The molecule has 2 rings (SSSR count). The van der Waals surface area contributed by atoms with Crippen LogP contribution in [-0.4, -0.2) is 35.5 Å². The van der Waals surface area contributed by atoms with Crippen LogP contribution in [0.15, 0.2) is 24.5 Å². The number of carbonyl (C=O) groups is 1. The molecule has 2 heterocycles. The Bertz CT molecular complexity index is 728. The van der Waals surface area contributed by atoms with Gasteiger partial charge in [0.15, 0.2) is 6.29 Å². The first-order chi connectivity index (χ1) is 12.0. The number of hydrogen-bond acceptors (Lipinski definition) is 8. The van der Waals surface area contributed by atoms with Gasteiger partial charge < -0.3 is 15.7 Å². The standard InChI is InChI=1S/C7H9ClN2O.C7H7ClN2O.Mn.2O/c2*1-9-6-2-7(8)10-3-5(6)4-11;;;/h2-3,11H,4H2,1H3,(H,9,10);2-4H,1H3,(H,9,10);;;. The molecule has 2 aromatic heterocycles. The number of aliphatic hydroxyl groups is 1. The van der Waals surface area contributed by atoms with Crippen LogP contribution < -0.4 is 10.6 Å². The average molecular weight is 430 g/mol. The number of hydrogen-bond donors (Lipinski definition) is 3. The third-order valence-electron chi connectivity index (χ3n) is 2.69. The fraction of sp³-hybridized carbons (Fsp3) is 0.214. The van der Waals surface area contributed by atoms with E-state index in [1.807, 2.05) is 0 Å². The van der Waals surface area contributed by atoms with E-state index in [1.54, 1.807) is 32.4 Å². The van der Waals surface area contributed by atoms with Crippen molar-refractivity contribution in [3.05, 3.63) is 46.0 Å². The summed E-state index contributed by atoms with van der Waals surface area (Å²) >= 11 is 9.77. The van der Waals surface area contributed by atoms with Crippen LogP contribution in [-0.2, 0) is 29.1 Å². The Labute approximate surface area is 160 Å². The van der Waals surface area contributed by atoms with Gasteiger partial charge in [0, 0.05) is 43.4 Å². The second kappa shape index (κ2) is 13.5. The van der Waals surface area contributed by atoms with Crippen LogP contribution in [0.3, 0.4) is 0 Å². The molecular weight excluding hydrogens is 414 g/mol. The van der Waals surface area contributed by atoms with Crippen molar-refractivity contribution in [2.24, 2.45) is 0 Å². The molecule has 0 bridgehead atoms. The number of carbonyl (C=O) groups excluding carboxylic acids is 1. The Morgan fingerprint density at radius 2 is 1.56 bits per heavy atom. The summed E-state index contributed by atoms with van der Waals surface area (Å²) in [5.74, 6) is 0. The molecule has 137 valence electrons. The van der Waals surface area contributed by atoms with Crippen molar-refractivity contribution in [2.45, 2.75) is 6.61 Å². The van der Waals surface area contributed by atoms with E-state index in [9.17, 15) is 4.79 Å². The summed E-state index contributed by atoms with van der Waals surface area (Å²) in [5, 5.41) is 15.3. The fourth-order valence-electron chi connectivity index (χ4n) is 1.57. The van der Waals surface area contributed by atoms with Gasteiger partial charge in [0.2, 0.25) is 0 Å². The van der Waals surface area contributed by atoms with Gasteiger partial charge in [0.05, 0.1) is 12.2 Å². The van der Waals surface area contributed by atoms with Crippen molar-refractivity contribution in [3.8, 4) is 0 Å². The molecule has 0 saturated heterocycles. The van der Waals surface area contributed by atoms with Gasteiger partial charge in [-0.15, -0.1) is 0 Å². The van der Waals surface area contributed by atoms with Crippen molar-refractivity contribution in [1.82, 2.24) is 9.97 Å². The Morgan fingerprint density at radius 3 is 2.00 bits per heavy atom. The molecule has 0 radical (unpaired) electrons. The van der Waals surface area contributed by atoms with E-state index >= 15 is 0 Å². The number of nitrogens with zero attached hydrogens (tertiary/aromatic N) is 2. The third kappa shape index (κ3) is 8.76. The van der Waals surface area contributed by atoms with E-state index in [0.717, 1.165) is 17.5 Å². The van der Waals surface area contributed by atoms with Gasteiger partial charge in [-0.05, 0) is 12.1 Å². The summed E-state index contributed by atoms with van der Waals surface area (Å²) in [6.45, 7) is -0.0274. The molecule has 0 aliphatic rings. The minimum atomic E-state index is -1.44. The van der Waals surface area contributed by atoms with Gasteiger partial charge in [-0.1, -0.05) is 23.2 Å². The van der Waals surface area contributed by atoms with E-state index in [2.05, 4.69) is 20.6 Å². The summed E-state index contributed by atoms with van der Waals surface area (Å²) in [6, 6.07) is 3.28.